The van der Waals surface area contributed by atoms with Crippen molar-refractivity contribution in [2.45, 2.75) is 13.8 Å². The predicted molar refractivity (Wildman–Crippen MR) is 62.2 cm³/mol. The van der Waals surface area contributed by atoms with E-state index < -0.39 is 0 Å². The van der Waals surface area contributed by atoms with Gasteiger partial charge in [-0.1, -0.05) is 0 Å². The number of hydrogen-bond acceptors (Lipinski definition) is 1. The van der Waals surface area contributed by atoms with E-state index in [1.165, 1.54) is 22.1 Å². The fraction of sp³-hybridized carbons (Fsp3) is 0.154. The SMILES string of the molecule is Cc1c[nH]c2c3ncc(C)cc3cc-2c1. The fourth-order valence-electron chi connectivity index (χ4n) is 2.03. The molecule has 0 amide bonds. The number of aryl methyl sites for hydroxylation is 2. The Morgan fingerprint density at radius 2 is 1.93 bits per heavy atom. The van der Waals surface area contributed by atoms with Crippen LogP contribution in [0.2, 0.25) is 0 Å². The Morgan fingerprint density at radius 1 is 1.07 bits per heavy atom. The highest BCUT2D eigenvalue weighted by atomic mass is 14.8. The first kappa shape index (κ1) is 8.48. The maximum absolute atomic E-state index is 4.47. The molecule has 1 aliphatic carbocycles. The number of nitrogens with one attached hydrogen (secondary N) is 1. The first-order valence-electron chi connectivity index (χ1n) is 5.08. The summed E-state index contributed by atoms with van der Waals surface area (Å²) in [6, 6.07) is 6.54. The second-order valence-corrected chi connectivity index (χ2v) is 4.10. The topological polar surface area (TPSA) is 28.7 Å². The van der Waals surface area contributed by atoms with Gasteiger partial charge in [-0.3, -0.25) is 4.98 Å². The summed E-state index contributed by atoms with van der Waals surface area (Å²) >= 11 is 0. The minimum Gasteiger partial charge on any atom is -0.359 e. The zero-order chi connectivity index (χ0) is 10.4. The van der Waals surface area contributed by atoms with Gasteiger partial charge in [-0.05, 0) is 43.2 Å². The lowest BCUT2D eigenvalue weighted by Gasteiger charge is -2.00. The van der Waals surface area contributed by atoms with E-state index in [4.69, 9.17) is 0 Å². The van der Waals surface area contributed by atoms with Gasteiger partial charge in [-0.15, -0.1) is 0 Å². The Hall–Kier alpha value is -1.83. The van der Waals surface area contributed by atoms with Gasteiger partial charge in [0.15, 0.2) is 0 Å². The summed E-state index contributed by atoms with van der Waals surface area (Å²) in [5.74, 6) is 0. The van der Waals surface area contributed by atoms with Crippen molar-refractivity contribution in [1.82, 2.24) is 9.97 Å². The molecule has 2 nitrogen and oxygen atoms in total. The van der Waals surface area contributed by atoms with Crippen LogP contribution < -0.4 is 0 Å². The maximum atomic E-state index is 4.47. The zero-order valence-corrected chi connectivity index (χ0v) is 8.83. The van der Waals surface area contributed by atoms with Crippen LogP contribution in [0.5, 0.6) is 0 Å². The van der Waals surface area contributed by atoms with Crippen LogP contribution in [0.3, 0.4) is 0 Å². The summed E-state index contributed by atoms with van der Waals surface area (Å²) in [6.07, 6.45) is 3.93. The van der Waals surface area contributed by atoms with Gasteiger partial charge in [-0.25, -0.2) is 0 Å². The van der Waals surface area contributed by atoms with Crippen molar-refractivity contribution in [3.8, 4) is 11.3 Å². The summed E-state index contributed by atoms with van der Waals surface area (Å²) in [7, 11) is 0. The molecule has 3 rings (SSSR count). The summed E-state index contributed by atoms with van der Waals surface area (Å²) in [5.41, 5.74) is 5.89. The molecule has 15 heavy (non-hydrogen) atoms. The van der Waals surface area contributed by atoms with Crippen LogP contribution in [-0.2, 0) is 0 Å². The molecule has 0 saturated carbocycles. The van der Waals surface area contributed by atoms with E-state index in [0.717, 1.165) is 11.2 Å². The second-order valence-electron chi connectivity index (χ2n) is 4.10. The van der Waals surface area contributed by atoms with Gasteiger partial charge in [0, 0.05) is 23.3 Å². The molecule has 1 aromatic rings. The van der Waals surface area contributed by atoms with E-state index >= 15 is 0 Å². The van der Waals surface area contributed by atoms with Crippen molar-refractivity contribution < 1.29 is 0 Å². The molecule has 0 radical (unpaired) electrons. The molecule has 2 heterocycles. The molecule has 2 heteroatoms. The van der Waals surface area contributed by atoms with Gasteiger partial charge in [0.05, 0.1) is 11.2 Å². The summed E-state index contributed by atoms with van der Waals surface area (Å²) in [4.78, 5) is 7.77. The molecule has 0 atom stereocenters. The Kier molecular flexibility index (Phi) is 1.60. The molecular weight excluding hydrogens is 184 g/mol. The zero-order valence-electron chi connectivity index (χ0n) is 8.83. The first-order chi connectivity index (χ1) is 7.24. The number of nitrogens with zero attached hydrogens (tertiary/aromatic N) is 1. The van der Waals surface area contributed by atoms with Gasteiger partial charge in [0.2, 0.25) is 0 Å². The average Bonchev–Trinajstić information content (AvgIpc) is 2.53. The van der Waals surface area contributed by atoms with Crippen molar-refractivity contribution in [3.05, 3.63) is 41.7 Å². The van der Waals surface area contributed by atoms with E-state index in [9.17, 15) is 0 Å². The third-order valence-electron chi connectivity index (χ3n) is 2.72. The smallest absolute Gasteiger partial charge is 0.0943 e. The molecule has 1 aliphatic heterocycles. The quantitative estimate of drug-likeness (QED) is 0.587. The monoisotopic (exact) mass is 196 g/mol. The summed E-state index contributed by atoms with van der Waals surface area (Å²) in [6.45, 7) is 4.16. The van der Waals surface area contributed by atoms with Gasteiger partial charge >= 0.3 is 0 Å². The number of aromatic nitrogens is 2. The van der Waals surface area contributed by atoms with Crippen LogP contribution >= 0.6 is 0 Å². The highest BCUT2D eigenvalue weighted by Crippen LogP contribution is 2.31. The minimum atomic E-state index is 1.07. The number of aromatic amines is 1. The molecule has 0 aromatic carbocycles. The lowest BCUT2D eigenvalue weighted by atomic mass is 10.2. The third kappa shape index (κ3) is 1.22. The first-order valence-corrected chi connectivity index (χ1v) is 5.08. The molecule has 0 spiro atoms. The van der Waals surface area contributed by atoms with Gasteiger partial charge in [-0.2, -0.15) is 0 Å². The van der Waals surface area contributed by atoms with Crippen molar-refractivity contribution >= 4 is 10.9 Å². The van der Waals surface area contributed by atoms with Gasteiger partial charge in [0.1, 0.15) is 0 Å². The normalized spacial score (nSPS) is 11.3. The van der Waals surface area contributed by atoms with Crippen molar-refractivity contribution in [3.63, 3.8) is 0 Å². The molecule has 1 aromatic heterocycles. The van der Waals surface area contributed by atoms with Crippen LogP contribution in [0, 0.1) is 13.8 Å². The van der Waals surface area contributed by atoms with E-state index in [0.29, 0.717) is 0 Å². The minimum absolute atomic E-state index is 1.07. The van der Waals surface area contributed by atoms with Crippen LogP contribution in [0.25, 0.3) is 22.2 Å². The Balaban J connectivity index is 2.46. The third-order valence-corrected chi connectivity index (χ3v) is 2.72. The number of hydrogen-bond donors (Lipinski definition) is 1. The number of pyridine rings is 2. The molecule has 0 fully saturated rings. The standard InChI is InChI=1S/C13H12N2/c1-8-3-10-5-11-4-9(2)7-15-13(11)12(10)14-6-8/h3-7,14H,1-2H3. The van der Waals surface area contributed by atoms with Crippen molar-refractivity contribution in [2.75, 3.05) is 0 Å². The highest BCUT2D eigenvalue weighted by molar-refractivity contribution is 5.97. The summed E-state index contributed by atoms with van der Waals surface area (Å²) in [5, 5.41) is 1.21. The highest BCUT2D eigenvalue weighted by Gasteiger charge is 2.10. The number of H-pyrrole nitrogens is 1. The Morgan fingerprint density at radius 3 is 2.80 bits per heavy atom. The Bertz CT molecular complexity index is 607. The van der Waals surface area contributed by atoms with Crippen LogP contribution in [0.1, 0.15) is 11.1 Å². The molecule has 74 valence electrons. The van der Waals surface area contributed by atoms with Gasteiger partial charge in [0.25, 0.3) is 0 Å². The largest absolute Gasteiger partial charge is 0.359 e. The molecule has 1 N–H and O–H groups in total. The van der Waals surface area contributed by atoms with E-state index in [-0.39, 0.29) is 0 Å². The maximum Gasteiger partial charge on any atom is 0.0943 e. The molecule has 0 saturated heterocycles. The molecule has 0 unspecified atom stereocenters. The molecule has 0 bridgehead atoms. The van der Waals surface area contributed by atoms with E-state index in [1.807, 2.05) is 12.4 Å². The van der Waals surface area contributed by atoms with Crippen molar-refractivity contribution in [1.29, 1.82) is 0 Å². The van der Waals surface area contributed by atoms with E-state index in [2.05, 4.69) is 42.0 Å². The molecule has 2 aliphatic rings. The second kappa shape index (κ2) is 2.83. The van der Waals surface area contributed by atoms with Crippen LogP contribution in [0.15, 0.2) is 30.6 Å². The van der Waals surface area contributed by atoms with Gasteiger partial charge < -0.3 is 4.98 Å². The summed E-state index contributed by atoms with van der Waals surface area (Å²) < 4.78 is 0. The fourth-order valence-corrected chi connectivity index (χ4v) is 2.03. The Labute approximate surface area is 88.3 Å². The number of fused-ring (bicyclic) bond motifs is 3. The molecular formula is C13H12N2. The lowest BCUT2D eigenvalue weighted by molar-refractivity contribution is 1.27. The number of rotatable bonds is 0. The average molecular weight is 196 g/mol. The van der Waals surface area contributed by atoms with Crippen LogP contribution in [0.4, 0.5) is 0 Å². The van der Waals surface area contributed by atoms with Crippen molar-refractivity contribution in [2.24, 2.45) is 0 Å². The lowest BCUT2D eigenvalue weighted by Crippen LogP contribution is -1.84. The van der Waals surface area contributed by atoms with E-state index in [1.54, 1.807) is 0 Å². The van der Waals surface area contributed by atoms with Crippen LogP contribution in [-0.4, -0.2) is 9.97 Å². The predicted octanol–water partition coefficient (Wildman–Crippen LogP) is 3.28.